The molecule has 0 heterocycles. The van der Waals surface area contributed by atoms with Gasteiger partial charge in [0.15, 0.2) is 0 Å². The van der Waals surface area contributed by atoms with Crippen LogP contribution < -0.4 is 5.54 Å². The van der Waals surface area contributed by atoms with Gasteiger partial charge in [0.1, 0.15) is 0 Å². The van der Waals surface area contributed by atoms with E-state index < -0.39 is 0 Å². The van der Waals surface area contributed by atoms with Crippen LogP contribution in [0.3, 0.4) is 0 Å². The topological polar surface area (TPSA) is 12.0 Å². The second kappa shape index (κ2) is 4.75. The van der Waals surface area contributed by atoms with Crippen LogP contribution in [0.5, 0.6) is 0 Å². The van der Waals surface area contributed by atoms with E-state index in [1.807, 2.05) is 12.1 Å². The van der Waals surface area contributed by atoms with E-state index in [0.717, 1.165) is 6.42 Å². The fourth-order valence-corrected chi connectivity index (χ4v) is 1.12. The van der Waals surface area contributed by atoms with E-state index in [-0.39, 0.29) is 0 Å². The third kappa shape index (κ3) is 2.53. The van der Waals surface area contributed by atoms with E-state index in [9.17, 15) is 4.48 Å². The summed E-state index contributed by atoms with van der Waals surface area (Å²) in [5.41, 5.74) is 3.41. The highest BCUT2D eigenvalue weighted by Gasteiger charge is 1.92. The predicted octanol–water partition coefficient (Wildman–Crippen LogP) is 3.33. The molecule has 2 heteroatoms. The summed E-state index contributed by atoms with van der Waals surface area (Å²) in [6, 6.07) is 7.42. The first-order valence-electron chi connectivity index (χ1n) is 4.32. The molecule has 0 aliphatic carbocycles. The molecular weight excluding hydrogens is 153 g/mol. The standard InChI is InChI=1S/C10H14FN/c1-2-3-4-9-5-7-10(12-11)8-6-9/h5-8,12H,2-4H2,1H3. The summed E-state index contributed by atoms with van der Waals surface area (Å²) in [6.07, 6.45) is 3.48. The van der Waals surface area contributed by atoms with Gasteiger partial charge in [-0.1, -0.05) is 25.5 Å². The molecule has 1 N–H and O–H groups in total. The second-order valence-electron chi connectivity index (χ2n) is 2.89. The van der Waals surface area contributed by atoms with E-state index in [2.05, 4.69) is 6.92 Å². The summed E-state index contributed by atoms with van der Waals surface area (Å²) in [7, 11) is 0. The van der Waals surface area contributed by atoms with Gasteiger partial charge in [0.25, 0.3) is 0 Å². The fraction of sp³-hybridized carbons (Fsp3) is 0.400. The van der Waals surface area contributed by atoms with Crippen molar-refractivity contribution in [1.82, 2.24) is 0 Å². The second-order valence-corrected chi connectivity index (χ2v) is 2.89. The van der Waals surface area contributed by atoms with Gasteiger partial charge >= 0.3 is 0 Å². The number of anilines is 1. The summed E-state index contributed by atoms with van der Waals surface area (Å²) in [5.74, 6) is 0. The molecule has 1 aromatic rings. The predicted molar refractivity (Wildman–Crippen MR) is 49.8 cm³/mol. The molecule has 12 heavy (non-hydrogen) atoms. The van der Waals surface area contributed by atoms with E-state index in [0.29, 0.717) is 5.69 Å². The molecule has 1 aromatic carbocycles. The average Bonchev–Trinajstić information content (AvgIpc) is 2.15. The van der Waals surface area contributed by atoms with Crippen molar-refractivity contribution in [3.63, 3.8) is 0 Å². The number of benzene rings is 1. The molecule has 0 amide bonds. The number of unbranched alkanes of at least 4 members (excludes halogenated alkanes) is 1. The Bertz CT molecular complexity index is 218. The minimum Gasteiger partial charge on any atom is -0.225 e. The number of hydrogen-bond donors (Lipinski definition) is 1. The molecule has 0 saturated carbocycles. The summed E-state index contributed by atoms with van der Waals surface area (Å²) in [6.45, 7) is 2.16. The van der Waals surface area contributed by atoms with Crippen molar-refractivity contribution in [2.45, 2.75) is 26.2 Å². The first-order valence-corrected chi connectivity index (χ1v) is 4.32. The lowest BCUT2D eigenvalue weighted by Crippen LogP contribution is -1.85. The molecule has 0 atom stereocenters. The third-order valence-electron chi connectivity index (χ3n) is 1.88. The Morgan fingerprint density at radius 3 is 2.42 bits per heavy atom. The van der Waals surface area contributed by atoms with Gasteiger partial charge in [-0.15, -0.1) is 4.48 Å². The van der Waals surface area contributed by atoms with Crippen molar-refractivity contribution < 1.29 is 4.48 Å². The van der Waals surface area contributed by atoms with Crippen LogP contribution in [0.1, 0.15) is 25.3 Å². The van der Waals surface area contributed by atoms with Gasteiger partial charge in [0.05, 0.1) is 5.69 Å². The van der Waals surface area contributed by atoms with Crippen molar-refractivity contribution in [3.05, 3.63) is 29.8 Å². The van der Waals surface area contributed by atoms with Crippen LogP contribution in [0, 0.1) is 0 Å². The first-order chi connectivity index (χ1) is 5.86. The summed E-state index contributed by atoms with van der Waals surface area (Å²) < 4.78 is 11.9. The minimum atomic E-state index is 0.523. The smallest absolute Gasteiger partial charge is 0.0655 e. The lowest BCUT2D eigenvalue weighted by atomic mass is 10.1. The maximum atomic E-state index is 11.9. The van der Waals surface area contributed by atoms with Crippen molar-refractivity contribution >= 4 is 5.69 Å². The number of aryl methyl sites for hydroxylation is 1. The van der Waals surface area contributed by atoms with Gasteiger partial charge in [-0.05, 0) is 30.5 Å². The van der Waals surface area contributed by atoms with E-state index >= 15 is 0 Å². The van der Waals surface area contributed by atoms with Gasteiger partial charge in [-0.2, -0.15) is 0 Å². The largest absolute Gasteiger partial charge is 0.225 e. The molecule has 0 saturated heterocycles. The van der Waals surface area contributed by atoms with Crippen LogP contribution in [0.15, 0.2) is 24.3 Å². The molecule has 1 nitrogen and oxygen atoms in total. The Kier molecular flexibility index (Phi) is 3.58. The fourth-order valence-electron chi connectivity index (χ4n) is 1.12. The maximum Gasteiger partial charge on any atom is 0.0655 e. The molecule has 1 rings (SSSR count). The molecule has 0 unspecified atom stereocenters. The first kappa shape index (κ1) is 9.04. The van der Waals surface area contributed by atoms with Crippen LogP contribution in [-0.2, 0) is 6.42 Å². The summed E-state index contributed by atoms with van der Waals surface area (Å²) in [5, 5.41) is 0. The Morgan fingerprint density at radius 2 is 1.92 bits per heavy atom. The van der Waals surface area contributed by atoms with Crippen LogP contribution in [0.25, 0.3) is 0 Å². The zero-order valence-corrected chi connectivity index (χ0v) is 7.31. The van der Waals surface area contributed by atoms with Gasteiger partial charge in [0, 0.05) is 0 Å². The molecular formula is C10H14FN. The zero-order valence-electron chi connectivity index (χ0n) is 7.31. The normalized spacial score (nSPS) is 9.83. The van der Waals surface area contributed by atoms with Gasteiger partial charge in [-0.25, -0.2) is 5.54 Å². The van der Waals surface area contributed by atoms with Crippen molar-refractivity contribution in [2.75, 3.05) is 5.54 Å². The molecule has 0 aromatic heterocycles. The Labute approximate surface area is 72.5 Å². The van der Waals surface area contributed by atoms with Gasteiger partial charge in [0.2, 0.25) is 0 Å². The van der Waals surface area contributed by atoms with Crippen molar-refractivity contribution in [1.29, 1.82) is 0 Å². The Hall–Kier alpha value is -1.05. The van der Waals surface area contributed by atoms with Crippen molar-refractivity contribution in [3.8, 4) is 0 Å². The average molecular weight is 167 g/mol. The number of hydrogen-bond acceptors (Lipinski definition) is 1. The summed E-state index contributed by atoms with van der Waals surface area (Å²) in [4.78, 5) is 0. The summed E-state index contributed by atoms with van der Waals surface area (Å²) >= 11 is 0. The molecule has 0 aliphatic rings. The molecule has 0 fully saturated rings. The van der Waals surface area contributed by atoms with Gasteiger partial charge < -0.3 is 0 Å². The van der Waals surface area contributed by atoms with Crippen LogP contribution in [0.2, 0.25) is 0 Å². The highest BCUT2D eigenvalue weighted by molar-refractivity contribution is 5.42. The highest BCUT2D eigenvalue weighted by atomic mass is 19.2. The zero-order chi connectivity index (χ0) is 8.81. The Balaban J connectivity index is 2.53. The quantitative estimate of drug-likeness (QED) is 0.678. The molecule has 66 valence electrons. The molecule has 0 radical (unpaired) electrons. The van der Waals surface area contributed by atoms with Crippen molar-refractivity contribution in [2.24, 2.45) is 0 Å². The molecule has 0 aliphatic heterocycles. The molecule has 0 bridgehead atoms. The lowest BCUT2D eigenvalue weighted by molar-refractivity contribution is 0.617. The number of rotatable bonds is 4. The SMILES string of the molecule is CCCCc1ccc(NF)cc1. The Morgan fingerprint density at radius 1 is 1.25 bits per heavy atom. The third-order valence-corrected chi connectivity index (χ3v) is 1.88. The van der Waals surface area contributed by atoms with E-state index in [4.69, 9.17) is 0 Å². The lowest BCUT2D eigenvalue weighted by Gasteiger charge is -2.00. The maximum absolute atomic E-state index is 11.9. The number of halogens is 1. The van der Waals surface area contributed by atoms with E-state index in [1.165, 1.54) is 18.4 Å². The highest BCUT2D eigenvalue weighted by Crippen LogP contribution is 2.11. The number of nitrogens with one attached hydrogen (secondary N) is 1. The molecule has 0 spiro atoms. The van der Waals surface area contributed by atoms with Crippen LogP contribution in [-0.4, -0.2) is 0 Å². The van der Waals surface area contributed by atoms with E-state index in [1.54, 1.807) is 17.7 Å². The van der Waals surface area contributed by atoms with Crippen LogP contribution in [0.4, 0.5) is 10.2 Å². The minimum absolute atomic E-state index is 0.523. The van der Waals surface area contributed by atoms with Gasteiger partial charge in [-0.3, -0.25) is 0 Å². The van der Waals surface area contributed by atoms with Crippen LogP contribution >= 0.6 is 0 Å². The monoisotopic (exact) mass is 167 g/mol.